The van der Waals surface area contributed by atoms with Gasteiger partial charge in [0.15, 0.2) is 0 Å². The zero-order chi connectivity index (χ0) is 15.9. The van der Waals surface area contributed by atoms with Crippen LogP contribution in [0.1, 0.15) is 38.3 Å². The maximum Gasteiger partial charge on any atom is 0.146 e. The van der Waals surface area contributed by atoms with Crippen molar-refractivity contribution in [3.05, 3.63) is 29.6 Å². The molecule has 1 aromatic carbocycles. The van der Waals surface area contributed by atoms with Crippen molar-refractivity contribution >= 4 is 5.69 Å². The maximum atomic E-state index is 14.4. The van der Waals surface area contributed by atoms with Crippen LogP contribution in [0.5, 0.6) is 0 Å². The lowest BCUT2D eigenvalue weighted by Gasteiger charge is -2.29. The van der Waals surface area contributed by atoms with Crippen molar-refractivity contribution in [1.82, 2.24) is 5.32 Å². The molecule has 0 bridgehead atoms. The molecule has 0 saturated carbocycles. The average Bonchev–Trinajstić information content (AvgIpc) is 2.53. The first-order valence-corrected chi connectivity index (χ1v) is 8.15. The first-order chi connectivity index (χ1) is 10.6. The van der Waals surface area contributed by atoms with E-state index in [1.165, 1.54) is 0 Å². The zero-order valence-corrected chi connectivity index (χ0v) is 13.5. The molecule has 2 atom stereocenters. The lowest BCUT2D eigenvalue weighted by Crippen LogP contribution is -2.36. The summed E-state index contributed by atoms with van der Waals surface area (Å²) in [4.78, 5) is 2.02. The number of nitrogens with one attached hydrogen (secondary N) is 1. The van der Waals surface area contributed by atoms with Crippen LogP contribution in [-0.4, -0.2) is 44.1 Å². The summed E-state index contributed by atoms with van der Waals surface area (Å²) in [5, 5.41) is 13.0. The summed E-state index contributed by atoms with van der Waals surface area (Å²) in [5.74, 6) is -0.192. The largest absolute Gasteiger partial charge is 0.392 e. The van der Waals surface area contributed by atoms with Gasteiger partial charge in [0.05, 0.1) is 25.0 Å². The molecule has 2 N–H and O–H groups in total. The molecule has 1 aliphatic rings. The van der Waals surface area contributed by atoms with Gasteiger partial charge in [-0.2, -0.15) is 0 Å². The number of aliphatic hydroxyl groups excluding tert-OH is 1. The zero-order valence-electron chi connectivity index (χ0n) is 13.5. The van der Waals surface area contributed by atoms with E-state index in [1.54, 1.807) is 6.07 Å². The second-order valence-electron chi connectivity index (χ2n) is 5.88. The summed E-state index contributed by atoms with van der Waals surface area (Å²) in [7, 11) is 0. The number of anilines is 1. The van der Waals surface area contributed by atoms with Gasteiger partial charge >= 0.3 is 0 Å². The fourth-order valence-electron chi connectivity index (χ4n) is 2.72. The summed E-state index contributed by atoms with van der Waals surface area (Å²) in [6.07, 6.45) is 1.40. The van der Waals surface area contributed by atoms with Gasteiger partial charge in [0.1, 0.15) is 5.82 Å². The van der Waals surface area contributed by atoms with E-state index >= 15 is 0 Å². The van der Waals surface area contributed by atoms with Gasteiger partial charge < -0.3 is 20.1 Å². The average molecular weight is 310 g/mol. The van der Waals surface area contributed by atoms with Crippen molar-refractivity contribution in [2.45, 2.75) is 38.8 Å². The van der Waals surface area contributed by atoms with Gasteiger partial charge in [0.25, 0.3) is 0 Å². The second-order valence-corrected chi connectivity index (χ2v) is 5.88. The van der Waals surface area contributed by atoms with Crippen molar-refractivity contribution in [3.8, 4) is 0 Å². The highest BCUT2D eigenvalue weighted by Crippen LogP contribution is 2.24. The molecule has 0 radical (unpaired) electrons. The Hall–Kier alpha value is -1.17. The number of morpholine rings is 1. The maximum absolute atomic E-state index is 14.4. The number of ether oxygens (including phenoxy) is 1. The summed E-state index contributed by atoms with van der Waals surface area (Å²) in [6.45, 7) is 7.32. The number of hydrogen-bond acceptors (Lipinski definition) is 4. The third-order valence-electron chi connectivity index (χ3n) is 4.11. The van der Waals surface area contributed by atoms with Crippen LogP contribution < -0.4 is 10.2 Å². The fraction of sp³-hybridized carbons (Fsp3) is 0.647. The predicted molar refractivity (Wildman–Crippen MR) is 86.8 cm³/mol. The minimum Gasteiger partial charge on any atom is -0.392 e. The number of nitrogens with zero attached hydrogens (tertiary/aromatic N) is 1. The van der Waals surface area contributed by atoms with E-state index in [-0.39, 0.29) is 18.0 Å². The number of aliphatic hydroxyl groups is 1. The van der Waals surface area contributed by atoms with Gasteiger partial charge in [-0.25, -0.2) is 4.39 Å². The van der Waals surface area contributed by atoms with E-state index in [2.05, 4.69) is 5.32 Å². The van der Waals surface area contributed by atoms with Crippen LogP contribution >= 0.6 is 0 Å². The van der Waals surface area contributed by atoms with E-state index in [9.17, 15) is 9.50 Å². The first-order valence-electron chi connectivity index (χ1n) is 8.15. The Morgan fingerprint density at radius 1 is 1.36 bits per heavy atom. The van der Waals surface area contributed by atoms with Gasteiger partial charge in [0, 0.05) is 25.7 Å². The number of hydrogen-bond donors (Lipinski definition) is 2. The molecular formula is C17H27FN2O2. The quantitative estimate of drug-likeness (QED) is 0.812. The van der Waals surface area contributed by atoms with Crippen LogP contribution in [0.2, 0.25) is 0 Å². The van der Waals surface area contributed by atoms with E-state index in [0.717, 1.165) is 31.5 Å². The SMILES string of the molecule is CCCC(O)CNC(C)c1ccc(N2CCOCC2)c(F)c1. The molecule has 1 saturated heterocycles. The molecular weight excluding hydrogens is 283 g/mol. The highest BCUT2D eigenvalue weighted by molar-refractivity contribution is 5.49. The highest BCUT2D eigenvalue weighted by Gasteiger charge is 2.16. The highest BCUT2D eigenvalue weighted by atomic mass is 19.1. The first kappa shape index (κ1) is 17.2. The normalized spacial score (nSPS) is 18.3. The van der Waals surface area contributed by atoms with Crippen molar-refractivity contribution in [2.24, 2.45) is 0 Å². The predicted octanol–water partition coefficient (Wildman–Crippen LogP) is 2.47. The van der Waals surface area contributed by atoms with E-state index in [4.69, 9.17) is 4.74 Å². The van der Waals surface area contributed by atoms with Gasteiger partial charge in [-0.05, 0) is 31.0 Å². The number of rotatable bonds is 7. The third kappa shape index (κ3) is 4.66. The molecule has 0 spiro atoms. The van der Waals surface area contributed by atoms with Gasteiger partial charge in [-0.3, -0.25) is 0 Å². The van der Waals surface area contributed by atoms with Crippen molar-refractivity contribution < 1.29 is 14.2 Å². The Balaban J connectivity index is 1.95. The standard InChI is InChI=1S/C17H27FN2O2/c1-3-4-15(21)12-19-13(2)14-5-6-17(16(18)11-14)20-7-9-22-10-8-20/h5-6,11,13,15,19,21H,3-4,7-10,12H2,1-2H3. The summed E-state index contributed by atoms with van der Waals surface area (Å²) in [5.41, 5.74) is 1.54. The molecule has 1 aromatic rings. The fourth-order valence-corrected chi connectivity index (χ4v) is 2.72. The van der Waals surface area contributed by atoms with Crippen LogP contribution in [0.15, 0.2) is 18.2 Å². The molecule has 2 unspecified atom stereocenters. The van der Waals surface area contributed by atoms with Crippen LogP contribution in [0, 0.1) is 5.82 Å². The van der Waals surface area contributed by atoms with E-state index < -0.39 is 0 Å². The van der Waals surface area contributed by atoms with Crippen molar-refractivity contribution in [2.75, 3.05) is 37.7 Å². The molecule has 2 rings (SSSR count). The van der Waals surface area contributed by atoms with Gasteiger partial charge in [-0.1, -0.05) is 19.4 Å². The monoisotopic (exact) mass is 310 g/mol. The minimum absolute atomic E-state index is 0.0137. The minimum atomic E-state index is -0.343. The summed E-state index contributed by atoms with van der Waals surface area (Å²) < 4.78 is 19.7. The Labute approximate surface area is 132 Å². The molecule has 0 aromatic heterocycles. The van der Waals surface area contributed by atoms with Crippen LogP contribution in [0.25, 0.3) is 0 Å². The van der Waals surface area contributed by atoms with Crippen LogP contribution in [0.3, 0.4) is 0 Å². The smallest absolute Gasteiger partial charge is 0.146 e. The molecule has 0 aliphatic carbocycles. The molecule has 1 aliphatic heterocycles. The Morgan fingerprint density at radius 2 is 2.09 bits per heavy atom. The van der Waals surface area contributed by atoms with E-state index in [0.29, 0.717) is 25.4 Å². The van der Waals surface area contributed by atoms with Crippen molar-refractivity contribution in [1.29, 1.82) is 0 Å². The van der Waals surface area contributed by atoms with Crippen LogP contribution in [-0.2, 0) is 4.74 Å². The van der Waals surface area contributed by atoms with Gasteiger partial charge in [0.2, 0.25) is 0 Å². The Bertz CT molecular complexity index is 464. The van der Waals surface area contributed by atoms with Crippen LogP contribution in [0.4, 0.5) is 10.1 Å². The Kier molecular flexibility index (Phi) is 6.61. The molecule has 1 fully saturated rings. The Morgan fingerprint density at radius 3 is 2.73 bits per heavy atom. The lowest BCUT2D eigenvalue weighted by molar-refractivity contribution is 0.122. The lowest BCUT2D eigenvalue weighted by atomic mass is 10.1. The number of halogens is 1. The molecule has 5 heteroatoms. The molecule has 4 nitrogen and oxygen atoms in total. The summed E-state index contributed by atoms with van der Waals surface area (Å²) in [6, 6.07) is 5.41. The number of benzene rings is 1. The molecule has 124 valence electrons. The molecule has 22 heavy (non-hydrogen) atoms. The molecule has 0 amide bonds. The third-order valence-corrected chi connectivity index (χ3v) is 4.11. The van der Waals surface area contributed by atoms with Gasteiger partial charge in [-0.15, -0.1) is 0 Å². The van der Waals surface area contributed by atoms with E-state index in [1.807, 2.05) is 30.9 Å². The second kappa shape index (κ2) is 8.46. The van der Waals surface area contributed by atoms with Crippen molar-refractivity contribution in [3.63, 3.8) is 0 Å². The molecule has 1 heterocycles. The summed E-state index contributed by atoms with van der Waals surface area (Å²) >= 11 is 0. The topological polar surface area (TPSA) is 44.7 Å².